The van der Waals surface area contributed by atoms with E-state index in [0.29, 0.717) is 22.3 Å². The predicted molar refractivity (Wildman–Crippen MR) is 95.1 cm³/mol. The van der Waals surface area contributed by atoms with E-state index in [4.69, 9.17) is 23.2 Å². The Morgan fingerprint density at radius 1 is 1.08 bits per heavy atom. The molecule has 0 aliphatic carbocycles. The standard InChI is InChI=1S/C18H13Cl2N3O/c19-12-4-1-3-11(7-12)15-9-16(24)22-18-17(15)21-10-23(18)14-6-2-5-13(20)8-14/h1-8,10,15H,9H2,(H,22,24). The van der Waals surface area contributed by atoms with E-state index in [-0.39, 0.29) is 11.8 Å². The molecule has 0 saturated heterocycles. The zero-order valence-electron chi connectivity index (χ0n) is 12.5. The van der Waals surface area contributed by atoms with Gasteiger partial charge >= 0.3 is 0 Å². The van der Waals surface area contributed by atoms with Crippen molar-refractivity contribution in [3.8, 4) is 5.69 Å². The highest BCUT2D eigenvalue weighted by Gasteiger charge is 2.31. The number of rotatable bonds is 2. The van der Waals surface area contributed by atoms with Crippen molar-refractivity contribution in [2.75, 3.05) is 5.32 Å². The average molecular weight is 358 g/mol. The van der Waals surface area contributed by atoms with Crippen LogP contribution < -0.4 is 5.32 Å². The maximum Gasteiger partial charge on any atom is 0.226 e. The fourth-order valence-electron chi connectivity index (χ4n) is 3.03. The summed E-state index contributed by atoms with van der Waals surface area (Å²) in [5, 5.41) is 4.20. The normalized spacial score (nSPS) is 16.6. The Kier molecular flexibility index (Phi) is 3.79. The molecule has 4 rings (SSSR count). The summed E-state index contributed by atoms with van der Waals surface area (Å²) in [6.45, 7) is 0. The molecule has 6 heteroatoms. The maximum atomic E-state index is 12.2. The van der Waals surface area contributed by atoms with Crippen LogP contribution in [0.3, 0.4) is 0 Å². The summed E-state index contributed by atoms with van der Waals surface area (Å²) in [5.41, 5.74) is 2.66. The van der Waals surface area contributed by atoms with E-state index in [1.807, 2.05) is 53.1 Å². The van der Waals surface area contributed by atoms with Gasteiger partial charge in [0.15, 0.2) is 0 Å². The molecule has 0 saturated carbocycles. The Morgan fingerprint density at radius 2 is 1.83 bits per heavy atom. The summed E-state index contributed by atoms with van der Waals surface area (Å²) in [7, 11) is 0. The van der Waals surface area contributed by atoms with E-state index in [9.17, 15) is 4.79 Å². The van der Waals surface area contributed by atoms with E-state index >= 15 is 0 Å². The Hall–Kier alpha value is -2.30. The molecule has 0 bridgehead atoms. The van der Waals surface area contributed by atoms with Crippen LogP contribution in [0.2, 0.25) is 10.0 Å². The molecule has 2 aromatic carbocycles. The van der Waals surface area contributed by atoms with Gasteiger partial charge in [-0.15, -0.1) is 0 Å². The molecule has 2 heterocycles. The number of anilines is 1. The summed E-state index contributed by atoms with van der Waals surface area (Å²) in [6, 6.07) is 15.0. The number of aromatic nitrogens is 2. The van der Waals surface area contributed by atoms with Gasteiger partial charge in [0.25, 0.3) is 0 Å². The monoisotopic (exact) mass is 357 g/mol. The van der Waals surface area contributed by atoms with E-state index in [1.165, 1.54) is 0 Å². The zero-order chi connectivity index (χ0) is 16.7. The number of carbonyl (C=O) groups is 1. The first-order chi connectivity index (χ1) is 11.6. The van der Waals surface area contributed by atoms with Crippen molar-refractivity contribution in [1.29, 1.82) is 0 Å². The third-order valence-electron chi connectivity index (χ3n) is 4.11. The van der Waals surface area contributed by atoms with Crippen LogP contribution >= 0.6 is 23.2 Å². The molecule has 120 valence electrons. The van der Waals surface area contributed by atoms with Crippen molar-refractivity contribution in [2.45, 2.75) is 12.3 Å². The summed E-state index contributed by atoms with van der Waals surface area (Å²) >= 11 is 12.2. The van der Waals surface area contributed by atoms with Gasteiger partial charge in [-0.25, -0.2) is 4.98 Å². The lowest BCUT2D eigenvalue weighted by Crippen LogP contribution is -2.24. The lowest BCUT2D eigenvalue weighted by atomic mass is 9.90. The minimum absolute atomic E-state index is 0.0451. The van der Waals surface area contributed by atoms with E-state index in [2.05, 4.69) is 10.3 Å². The molecule has 0 radical (unpaired) electrons. The van der Waals surface area contributed by atoms with Gasteiger partial charge in [-0.1, -0.05) is 41.4 Å². The van der Waals surface area contributed by atoms with Crippen LogP contribution in [0.5, 0.6) is 0 Å². The van der Waals surface area contributed by atoms with Crippen LogP contribution in [0.1, 0.15) is 23.6 Å². The highest BCUT2D eigenvalue weighted by atomic mass is 35.5. The zero-order valence-corrected chi connectivity index (χ0v) is 14.1. The molecule has 4 nitrogen and oxygen atoms in total. The smallest absolute Gasteiger partial charge is 0.226 e. The number of benzene rings is 2. The van der Waals surface area contributed by atoms with Gasteiger partial charge in [-0.05, 0) is 35.9 Å². The predicted octanol–water partition coefficient (Wildman–Crippen LogP) is 4.65. The molecule has 1 atom stereocenters. The van der Waals surface area contributed by atoms with E-state index in [1.54, 1.807) is 6.33 Å². The Labute approximate surface area is 149 Å². The molecule has 1 aromatic heterocycles. The number of hydrogen-bond acceptors (Lipinski definition) is 2. The van der Waals surface area contributed by atoms with Gasteiger partial charge in [0.05, 0.1) is 5.69 Å². The largest absolute Gasteiger partial charge is 0.310 e. The average Bonchev–Trinajstić information content (AvgIpc) is 2.97. The molecule has 0 spiro atoms. The molecule has 1 aliphatic rings. The third kappa shape index (κ3) is 2.68. The van der Waals surface area contributed by atoms with Crippen LogP contribution in [-0.2, 0) is 4.79 Å². The van der Waals surface area contributed by atoms with Gasteiger partial charge < -0.3 is 5.32 Å². The number of nitrogens with one attached hydrogen (secondary N) is 1. The topological polar surface area (TPSA) is 46.9 Å². The van der Waals surface area contributed by atoms with Gasteiger partial charge in [0.2, 0.25) is 5.91 Å². The molecule has 1 aliphatic heterocycles. The van der Waals surface area contributed by atoms with Crippen LogP contribution in [0.4, 0.5) is 5.82 Å². The molecule has 1 N–H and O–H groups in total. The number of halogens is 2. The maximum absolute atomic E-state index is 12.2. The van der Waals surface area contributed by atoms with Gasteiger partial charge in [-0.3, -0.25) is 9.36 Å². The van der Waals surface area contributed by atoms with E-state index < -0.39 is 0 Å². The van der Waals surface area contributed by atoms with Crippen LogP contribution in [0, 0.1) is 0 Å². The Bertz CT molecular complexity index is 936. The van der Waals surface area contributed by atoms with Gasteiger partial charge in [0, 0.05) is 28.1 Å². The lowest BCUT2D eigenvalue weighted by molar-refractivity contribution is -0.116. The minimum Gasteiger partial charge on any atom is -0.310 e. The molecule has 24 heavy (non-hydrogen) atoms. The molecule has 3 aromatic rings. The minimum atomic E-state index is -0.118. The van der Waals surface area contributed by atoms with Crippen molar-refractivity contribution >= 4 is 34.9 Å². The summed E-state index contributed by atoms with van der Waals surface area (Å²) < 4.78 is 1.84. The number of fused-ring (bicyclic) bond motifs is 1. The van der Waals surface area contributed by atoms with Crippen LogP contribution in [0.25, 0.3) is 5.69 Å². The van der Waals surface area contributed by atoms with E-state index in [0.717, 1.165) is 16.9 Å². The Morgan fingerprint density at radius 3 is 2.58 bits per heavy atom. The van der Waals surface area contributed by atoms with Gasteiger partial charge in [-0.2, -0.15) is 0 Å². The van der Waals surface area contributed by atoms with Crippen molar-refractivity contribution < 1.29 is 4.79 Å². The number of nitrogens with zero attached hydrogens (tertiary/aromatic N) is 2. The number of amides is 1. The van der Waals surface area contributed by atoms with Crippen molar-refractivity contribution in [1.82, 2.24) is 9.55 Å². The first kappa shape index (κ1) is 15.2. The fourth-order valence-corrected chi connectivity index (χ4v) is 3.41. The second-order valence-corrected chi connectivity index (χ2v) is 6.56. The molecular weight excluding hydrogens is 345 g/mol. The van der Waals surface area contributed by atoms with Gasteiger partial charge in [0.1, 0.15) is 12.1 Å². The first-order valence-corrected chi connectivity index (χ1v) is 8.26. The second kappa shape index (κ2) is 5.96. The third-order valence-corrected chi connectivity index (χ3v) is 4.58. The lowest BCUT2D eigenvalue weighted by Gasteiger charge is -2.23. The second-order valence-electron chi connectivity index (χ2n) is 5.69. The summed E-state index contributed by atoms with van der Waals surface area (Å²) in [6.07, 6.45) is 2.05. The fraction of sp³-hybridized carbons (Fsp3) is 0.111. The quantitative estimate of drug-likeness (QED) is 0.725. The first-order valence-electron chi connectivity index (χ1n) is 7.50. The highest BCUT2D eigenvalue weighted by Crippen LogP contribution is 2.38. The van der Waals surface area contributed by atoms with Crippen LogP contribution in [-0.4, -0.2) is 15.5 Å². The number of hydrogen-bond donors (Lipinski definition) is 1. The summed E-state index contributed by atoms with van der Waals surface area (Å²) in [4.78, 5) is 16.8. The number of imidazole rings is 1. The molecule has 0 fully saturated rings. The molecule has 1 unspecified atom stereocenters. The van der Waals surface area contributed by atoms with Crippen molar-refractivity contribution in [3.63, 3.8) is 0 Å². The summed E-state index contributed by atoms with van der Waals surface area (Å²) in [5.74, 6) is 0.516. The van der Waals surface area contributed by atoms with Crippen LogP contribution in [0.15, 0.2) is 54.9 Å². The number of carbonyl (C=O) groups excluding carboxylic acids is 1. The SMILES string of the molecule is O=C1CC(c2cccc(Cl)c2)c2ncn(-c3cccc(Cl)c3)c2N1. The molecule has 1 amide bonds. The van der Waals surface area contributed by atoms with Crippen molar-refractivity contribution in [2.24, 2.45) is 0 Å². The molecular formula is C18H13Cl2N3O. The van der Waals surface area contributed by atoms with Crippen molar-refractivity contribution in [3.05, 3.63) is 76.2 Å². The highest BCUT2D eigenvalue weighted by molar-refractivity contribution is 6.31. The Balaban J connectivity index is 1.83.